The summed E-state index contributed by atoms with van der Waals surface area (Å²) in [4.78, 5) is 16.4. The molecular formula is C18H24N4O3S. The Morgan fingerprint density at radius 2 is 1.73 bits per heavy atom. The Hall–Kier alpha value is -1.95. The lowest BCUT2D eigenvalue weighted by atomic mass is 10.1. The van der Waals surface area contributed by atoms with Gasteiger partial charge in [-0.1, -0.05) is 6.07 Å². The molecule has 8 heteroatoms. The highest BCUT2D eigenvalue weighted by Gasteiger charge is 2.30. The van der Waals surface area contributed by atoms with E-state index in [-0.39, 0.29) is 10.8 Å². The van der Waals surface area contributed by atoms with Crippen molar-refractivity contribution in [3.8, 4) is 6.07 Å². The van der Waals surface area contributed by atoms with Crippen molar-refractivity contribution in [2.75, 3.05) is 45.8 Å². The van der Waals surface area contributed by atoms with E-state index in [4.69, 9.17) is 5.26 Å². The summed E-state index contributed by atoms with van der Waals surface area (Å²) >= 11 is 0. The van der Waals surface area contributed by atoms with E-state index in [1.807, 2.05) is 15.9 Å². The van der Waals surface area contributed by atoms with Crippen LogP contribution in [0.4, 0.5) is 0 Å². The van der Waals surface area contributed by atoms with Gasteiger partial charge in [-0.05, 0) is 37.5 Å². The number of amides is 1. The van der Waals surface area contributed by atoms with Gasteiger partial charge in [0.1, 0.15) is 0 Å². The van der Waals surface area contributed by atoms with Crippen LogP contribution in [0.5, 0.6) is 0 Å². The summed E-state index contributed by atoms with van der Waals surface area (Å²) in [7, 11) is -3.61. The first kappa shape index (κ1) is 18.8. The maximum absolute atomic E-state index is 12.8. The van der Waals surface area contributed by atoms with Crippen LogP contribution < -0.4 is 0 Å². The predicted molar refractivity (Wildman–Crippen MR) is 96.8 cm³/mol. The second kappa shape index (κ2) is 8.16. The summed E-state index contributed by atoms with van der Waals surface area (Å²) in [6.45, 7) is 3.81. The number of nitriles is 1. The number of piperazine rings is 1. The second-order valence-electron chi connectivity index (χ2n) is 6.76. The van der Waals surface area contributed by atoms with Gasteiger partial charge < -0.3 is 4.90 Å². The van der Waals surface area contributed by atoms with Crippen molar-refractivity contribution in [3.63, 3.8) is 0 Å². The van der Waals surface area contributed by atoms with E-state index in [0.717, 1.165) is 25.9 Å². The molecule has 26 heavy (non-hydrogen) atoms. The maximum atomic E-state index is 12.8. The summed E-state index contributed by atoms with van der Waals surface area (Å²) in [6, 6.07) is 8.06. The molecule has 2 fully saturated rings. The first-order chi connectivity index (χ1) is 12.5. The molecule has 140 valence electrons. The third-order valence-electron chi connectivity index (χ3n) is 5.00. The van der Waals surface area contributed by atoms with Gasteiger partial charge in [-0.15, -0.1) is 0 Å². The third-order valence-corrected chi connectivity index (χ3v) is 6.89. The lowest BCUT2D eigenvalue weighted by molar-refractivity contribution is -0.133. The number of nitrogens with zero attached hydrogens (tertiary/aromatic N) is 4. The molecule has 0 radical (unpaired) electrons. The summed E-state index contributed by atoms with van der Waals surface area (Å²) in [5.41, 5.74) is 0.330. The van der Waals surface area contributed by atoms with Gasteiger partial charge in [-0.3, -0.25) is 9.69 Å². The van der Waals surface area contributed by atoms with Crippen molar-refractivity contribution in [1.29, 1.82) is 5.26 Å². The number of benzene rings is 1. The molecule has 1 amide bonds. The second-order valence-corrected chi connectivity index (χ2v) is 8.70. The van der Waals surface area contributed by atoms with Crippen molar-refractivity contribution < 1.29 is 13.2 Å². The van der Waals surface area contributed by atoms with Crippen molar-refractivity contribution in [2.24, 2.45) is 0 Å². The number of likely N-dealkylation sites (tertiary alicyclic amines) is 1. The van der Waals surface area contributed by atoms with Crippen LogP contribution in [0.1, 0.15) is 24.8 Å². The van der Waals surface area contributed by atoms with Gasteiger partial charge in [-0.2, -0.15) is 9.57 Å². The van der Waals surface area contributed by atoms with Crippen molar-refractivity contribution in [1.82, 2.24) is 14.1 Å². The molecule has 2 saturated heterocycles. The molecule has 0 N–H and O–H groups in total. The van der Waals surface area contributed by atoms with Crippen LogP contribution in [-0.4, -0.2) is 74.2 Å². The molecule has 1 aromatic carbocycles. The summed E-state index contributed by atoms with van der Waals surface area (Å²) in [5, 5.41) is 8.96. The Balaban J connectivity index is 1.57. The predicted octanol–water partition coefficient (Wildman–Crippen LogP) is 0.877. The zero-order chi connectivity index (χ0) is 18.6. The molecule has 1 aromatic rings. The molecule has 0 atom stereocenters. The Bertz CT molecular complexity index is 789. The molecule has 0 bridgehead atoms. The smallest absolute Gasteiger partial charge is 0.243 e. The summed E-state index contributed by atoms with van der Waals surface area (Å²) < 4.78 is 26.9. The molecule has 0 spiro atoms. The van der Waals surface area contributed by atoms with E-state index in [1.165, 1.54) is 22.9 Å². The normalized spacial score (nSPS) is 19.9. The van der Waals surface area contributed by atoms with Crippen LogP contribution in [0.25, 0.3) is 0 Å². The van der Waals surface area contributed by atoms with Crippen molar-refractivity contribution >= 4 is 15.9 Å². The number of sulfonamides is 1. The Morgan fingerprint density at radius 1 is 1.04 bits per heavy atom. The number of piperidine rings is 1. The number of rotatable bonds is 4. The van der Waals surface area contributed by atoms with Gasteiger partial charge in [0, 0.05) is 39.3 Å². The average Bonchev–Trinajstić information content (AvgIpc) is 2.69. The molecular weight excluding hydrogens is 352 g/mol. The monoisotopic (exact) mass is 376 g/mol. The first-order valence-corrected chi connectivity index (χ1v) is 10.4. The standard InChI is InChI=1S/C18H24N4O3S/c19-14-16-5-4-6-17(13-16)26(24,25)22-11-9-20(10-12-22)15-18(23)21-7-2-1-3-8-21/h4-6,13H,1-3,7-12,15H2. The fourth-order valence-corrected chi connectivity index (χ4v) is 4.91. The molecule has 2 aliphatic heterocycles. The number of hydrogen-bond acceptors (Lipinski definition) is 5. The zero-order valence-electron chi connectivity index (χ0n) is 14.8. The SMILES string of the molecule is N#Cc1cccc(S(=O)(=O)N2CCN(CC(=O)N3CCCCC3)CC2)c1. The molecule has 7 nitrogen and oxygen atoms in total. The van der Waals surface area contributed by atoms with Gasteiger partial charge in [0.2, 0.25) is 15.9 Å². The molecule has 2 aliphatic rings. The van der Waals surface area contributed by atoms with E-state index >= 15 is 0 Å². The molecule has 0 aromatic heterocycles. The first-order valence-electron chi connectivity index (χ1n) is 9.01. The summed E-state index contributed by atoms with van der Waals surface area (Å²) in [5.74, 6) is 0.141. The quantitative estimate of drug-likeness (QED) is 0.779. The Kier molecular flexibility index (Phi) is 5.91. The minimum absolute atomic E-state index is 0.141. The zero-order valence-corrected chi connectivity index (χ0v) is 15.6. The van der Waals surface area contributed by atoms with Crippen LogP contribution in [0.15, 0.2) is 29.2 Å². The van der Waals surface area contributed by atoms with Gasteiger partial charge in [0.05, 0.1) is 23.1 Å². The number of carbonyl (C=O) groups excluding carboxylic acids is 1. The number of carbonyl (C=O) groups is 1. The largest absolute Gasteiger partial charge is 0.342 e. The fourth-order valence-electron chi connectivity index (χ4n) is 3.44. The van der Waals surface area contributed by atoms with Gasteiger partial charge in [-0.25, -0.2) is 8.42 Å². The topological polar surface area (TPSA) is 84.7 Å². The highest BCUT2D eigenvalue weighted by atomic mass is 32.2. The minimum atomic E-state index is -3.61. The average molecular weight is 376 g/mol. The molecule has 3 rings (SSSR count). The van der Waals surface area contributed by atoms with Crippen LogP contribution in [0.3, 0.4) is 0 Å². The van der Waals surface area contributed by atoms with Gasteiger partial charge in [0.15, 0.2) is 0 Å². The van der Waals surface area contributed by atoms with E-state index in [0.29, 0.717) is 38.3 Å². The molecule has 0 saturated carbocycles. The molecule has 2 heterocycles. The van der Waals surface area contributed by atoms with E-state index < -0.39 is 10.0 Å². The van der Waals surface area contributed by atoms with E-state index in [2.05, 4.69) is 0 Å². The third kappa shape index (κ3) is 4.23. The minimum Gasteiger partial charge on any atom is -0.342 e. The number of hydrogen-bond donors (Lipinski definition) is 0. The Labute approximate surface area is 154 Å². The lowest BCUT2D eigenvalue weighted by Crippen LogP contribution is -2.51. The van der Waals surface area contributed by atoms with Gasteiger partial charge in [0.25, 0.3) is 0 Å². The summed E-state index contributed by atoms with van der Waals surface area (Å²) in [6.07, 6.45) is 3.33. The lowest BCUT2D eigenvalue weighted by Gasteiger charge is -2.35. The van der Waals surface area contributed by atoms with E-state index in [1.54, 1.807) is 12.1 Å². The van der Waals surface area contributed by atoms with Crippen LogP contribution in [-0.2, 0) is 14.8 Å². The van der Waals surface area contributed by atoms with Crippen LogP contribution >= 0.6 is 0 Å². The molecule has 0 unspecified atom stereocenters. The van der Waals surface area contributed by atoms with Crippen LogP contribution in [0.2, 0.25) is 0 Å². The maximum Gasteiger partial charge on any atom is 0.243 e. The Morgan fingerprint density at radius 3 is 2.38 bits per heavy atom. The van der Waals surface area contributed by atoms with E-state index in [9.17, 15) is 13.2 Å². The highest BCUT2D eigenvalue weighted by molar-refractivity contribution is 7.89. The fraction of sp³-hybridized carbons (Fsp3) is 0.556. The highest BCUT2D eigenvalue weighted by Crippen LogP contribution is 2.19. The van der Waals surface area contributed by atoms with Crippen molar-refractivity contribution in [2.45, 2.75) is 24.2 Å². The van der Waals surface area contributed by atoms with Crippen LogP contribution in [0, 0.1) is 11.3 Å². The van der Waals surface area contributed by atoms with Crippen molar-refractivity contribution in [3.05, 3.63) is 29.8 Å². The molecule has 0 aliphatic carbocycles. The van der Waals surface area contributed by atoms with Gasteiger partial charge >= 0.3 is 0 Å².